The molecule has 7 heteroatoms. The van der Waals surface area contributed by atoms with Gasteiger partial charge in [0, 0.05) is 18.5 Å². The van der Waals surface area contributed by atoms with Crippen LogP contribution >= 0.6 is 0 Å². The first-order chi connectivity index (χ1) is 12.6. The second kappa shape index (κ2) is 10.0. The number of hydrogen-bond acceptors (Lipinski definition) is 6. The van der Waals surface area contributed by atoms with E-state index in [-0.39, 0.29) is 12.5 Å². The molecule has 0 aliphatic heterocycles. The zero-order chi connectivity index (χ0) is 18.8. The lowest BCUT2D eigenvalue weighted by molar-refractivity contribution is -0.114. The SMILES string of the molecule is COCCOc1ccc(NC(=O)CNc2ccc(C(=O)OC)cc2)cc1. The number of benzene rings is 2. The van der Waals surface area contributed by atoms with Crippen LogP contribution in [0.4, 0.5) is 11.4 Å². The highest BCUT2D eigenvalue weighted by Gasteiger charge is 2.06. The number of esters is 1. The Bertz CT molecular complexity index is 714. The minimum atomic E-state index is -0.399. The fourth-order valence-corrected chi connectivity index (χ4v) is 2.11. The van der Waals surface area contributed by atoms with Gasteiger partial charge in [0.1, 0.15) is 12.4 Å². The summed E-state index contributed by atoms with van der Waals surface area (Å²) in [5.41, 5.74) is 1.86. The third kappa shape index (κ3) is 6.10. The van der Waals surface area contributed by atoms with E-state index in [9.17, 15) is 9.59 Å². The van der Waals surface area contributed by atoms with Crippen LogP contribution < -0.4 is 15.4 Å². The predicted molar refractivity (Wildman–Crippen MR) is 98.7 cm³/mol. The van der Waals surface area contributed by atoms with Gasteiger partial charge in [-0.05, 0) is 48.5 Å². The van der Waals surface area contributed by atoms with Crippen LogP contribution in [0.5, 0.6) is 5.75 Å². The predicted octanol–water partition coefficient (Wildman–Crippen LogP) is 2.55. The van der Waals surface area contributed by atoms with Crippen LogP contribution in [0.2, 0.25) is 0 Å². The quantitative estimate of drug-likeness (QED) is 0.529. The fourth-order valence-electron chi connectivity index (χ4n) is 2.11. The minimum Gasteiger partial charge on any atom is -0.491 e. The maximum atomic E-state index is 12.0. The molecule has 2 aromatic rings. The van der Waals surface area contributed by atoms with Crippen LogP contribution in [0.3, 0.4) is 0 Å². The van der Waals surface area contributed by atoms with E-state index in [0.717, 1.165) is 5.69 Å². The third-order valence-electron chi connectivity index (χ3n) is 3.45. The molecule has 26 heavy (non-hydrogen) atoms. The van der Waals surface area contributed by atoms with Gasteiger partial charge in [-0.25, -0.2) is 4.79 Å². The first-order valence-electron chi connectivity index (χ1n) is 8.06. The standard InChI is InChI=1S/C19H22N2O5/c1-24-11-12-26-17-9-7-16(8-10-17)21-18(22)13-20-15-5-3-14(4-6-15)19(23)25-2/h3-10,20H,11-13H2,1-2H3,(H,21,22). The van der Waals surface area contributed by atoms with Crippen molar-refractivity contribution >= 4 is 23.3 Å². The summed E-state index contributed by atoms with van der Waals surface area (Å²) in [5, 5.41) is 5.78. The number of ether oxygens (including phenoxy) is 3. The van der Waals surface area contributed by atoms with Crippen LogP contribution in [-0.4, -0.2) is 45.9 Å². The first-order valence-corrected chi connectivity index (χ1v) is 8.06. The molecule has 138 valence electrons. The Labute approximate surface area is 152 Å². The highest BCUT2D eigenvalue weighted by molar-refractivity contribution is 5.94. The molecule has 0 atom stereocenters. The summed E-state index contributed by atoms with van der Waals surface area (Å²) in [6.45, 7) is 1.09. The largest absolute Gasteiger partial charge is 0.491 e. The molecular formula is C19H22N2O5. The highest BCUT2D eigenvalue weighted by Crippen LogP contribution is 2.16. The lowest BCUT2D eigenvalue weighted by Gasteiger charge is -2.09. The van der Waals surface area contributed by atoms with Gasteiger partial charge < -0.3 is 24.8 Å². The van der Waals surface area contributed by atoms with Gasteiger partial charge in [0.2, 0.25) is 5.91 Å². The summed E-state index contributed by atoms with van der Waals surface area (Å²) < 4.78 is 15.0. The van der Waals surface area contributed by atoms with Crippen LogP contribution in [0.25, 0.3) is 0 Å². The number of methoxy groups -OCH3 is 2. The van der Waals surface area contributed by atoms with Gasteiger partial charge in [0.15, 0.2) is 0 Å². The molecule has 7 nitrogen and oxygen atoms in total. The topological polar surface area (TPSA) is 85.9 Å². The molecule has 2 rings (SSSR count). The molecule has 0 saturated carbocycles. The van der Waals surface area contributed by atoms with Crippen molar-refractivity contribution in [2.45, 2.75) is 0 Å². The van der Waals surface area contributed by atoms with Crippen molar-refractivity contribution < 1.29 is 23.8 Å². The number of rotatable bonds is 9. The van der Waals surface area contributed by atoms with Crippen molar-refractivity contribution in [1.29, 1.82) is 0 Å². The fraction of sp³-hybridized carbons (Fsp3) is 0.263. The molecule has 0 radical (unpaired) electrons. The Morgan fingerprint density at radius 3 is 2.15 bits per heavy atom. The van der Waals surface area contributed by atoms with E-state index in [1.165, 1.54) is 7.11 Å². The van der Waals surface area contributed by atoms with Crippen molar-refractivity contribution in [1.82, 2.24) is 0 Å². The summed E-state index contributed by atoms with van der Waals surface area (Å²) in [6, 6.07) is 13.8. The Balaban J connectivity index is 1.78. The lowest BCUT2D eigenvalue weighted by Crippen LogP contribution is -2.21. The van der Waals surface area contributed by atoms with Gasteiger partial charge >= 0.3 is 5.97 Å². The van der Waals surface area contributed by atoms with Gasteiger partial charge in [0.05, 0.1) is 25.8 Å². The maximum absolute atomic E-state index is 12.0. The number of nitrogens with one attached hydrogen (secondary N) is 2. The summed E-state index contributed by atoms with van der Waals surface area (Å²) >= 11 is 0. The third-order valence-corrected chi connectivity index (χ3v) is 3.45. The molecule has 0 spiro atoms. The van der Waals surface area contributed by atoms with Gasteiger partial charge in [-0.1, -0.05) is 0 Å². The molecule has 0 heterocycles. The molecular weight excluding hydrogens is 336 g/mol. The van der Waals surface area contributed by atoms with Crippen LogP contribution in [0, 0.1) is 0 Å². The average molecular weight is 358 g/mol. The van der Waals surface area contributed by atoms with E-state index in [1.54, 1.807) is 55.6 Å². The first kappa shape index (κ1) is 19.3. The smallest absolute Gasteiger partial charge is 0.337 e. The van der Waals surface area contributed by atoms with Crippen molar-refractivity contribution in [2.75, 3.05) is 44.6 Å². The van der Waals surface area contributed by atoms with E-state index in [1.807, 2.05) is 0 Å². The van der Waals surface area contributed by atoms with E-state index in [4.69, 9.17) is 9.47 Å². The van der Waals surface area contributed by atoms with E-state index < -0.39 is 5.97 Å². The van der Waals surface area contributed by atoms with Crippen molar-refractivity contribution in [2.24, 2.45) is 0 Å². The molecule has 2 aromatic carbocycles. The number of carbonyl (C=O) groups excluding carboxylic acids is 2. The van der Waals surface area contributed by atoms with E-state index >= 15 is 0 Å². The Kier molecular flexibility index (Phi) is 7.45. The average Bonchev–Trinajstić information content (AvgIpc) is 2.68. The summed E-state index contributed by atoms with van der Waals surface area (Å²) in [4.78, 5) is 23.4. The van der Waals surface area contributed by atoms with Crippen molar-refractivity contribution in [3.63, 3.8) is 0 Å². The molecule has 0 aliphatic rings. The second-order valence-electron chi connectivity index (χ2n) is 5.34. The Morgan fingerprint density at radius 2 is 1.54 bits per heavy atom. The highest BCUT2D eigenvalue weighted by atomic mass is 16.5. The second-order valence-corrected chi connectivity index (χ2v) is 5.34. The molecule has 0 saturated heterocycles. The van der Waals surface area contributed by atoms with Gasteiger partial charge in [-0.3, -0.25) is 4.79 Å². The van der Waals surface area contributed by atoms with E-state index in [0.29, 0.717) is 30.2 Å². The number of amides is 1. The summed E-state index contributed by atoms with van der Waals surface area (Å²) in [5.74, 6) is 0.128. The normalized spacial score (nSPS) is 10.1. The maximum Gasteiger partial charge on any atom is 0.337 e. The molecule has 0 bridgehead atoms. The van der Waals surface area contributed by atoms with Crippen molar-refractivity contribution in [3.05, 3.63) is 54.1 Å². The number of carbonyl (C=O) groups is 2. The molecule has 0 unspecified atom stereocenters. The molecule has 0 fully saturated rings. The van der Waals surface area contributed by atoms with Gasteiger partial charge in [-0.2, -0.15) is 0 Å². The van der Waals surface area contributed by atoms with Crippen LogP contribution in [-0.2, 0) is 14.3 Å². The van der Waals surface area contributed by atoms with Crippen molar-refractivity contribution in [3.8, 4) is 5.75 Å². The lowest BCUT2D eigenvalue weighted by atomic mass is 10.2. The molecule has 0 aliphatic carbocycles. The Hall–Kier alpha value is -3.06. The number of hydrogen-bond donors (Lipinski definition) is 2. The van der Waals surface area contributed by atoms with Gasteiger partial charge in [-0.15, -0.1) is 0 Å². The summed E-state index contributed by atoms with van der Waals surface area (Å²) in [6.07, 6.45) is 0. The Morgan fingerprint density at radius 1 is 0.885 bits per heavy atom. The minimum absolute atomic E-state index is 0.101. The monoisotopic (exact) mass is 358 g/mol. The summed E-state index contributed by atoms with van der Waals surface area (Å²) in [7, 11) is 2.95. The van der Waals surface area contributed by atoms with Crippen LogP contribution in [0.1, 0.15) is 10.4 Å². The zero-order valence-electron chi connectivity index (χ0n) is 14.8. The number of anilines is 2. The molecule has 2 N–H and O–H groups in total. The molecule has 1 amide bonds. The van der Waals surface area contributed by atoms with Gasteiger partial charge in [0.25, 0.3) is 0 Å². The van der Waals surface area contributed by atoms with E-state index in [2.05, 4.69) is 15.4 Å². The molecule has 0 aromatic heterocycles. The van der Waals surface area contributed by atoms with Crippen LogP contribution in [0.15, 0.2) is 48.5 Å². The zero-order valence-corrected chi connectivity index (χ0v) is 14.8.